The number of hydrogen-bond donors (Lipinski definition) is 1. The molecule has 4 heteroatoms. The lowest BCUT2D eigenvalue weighted by Crippen LogP contribution is -1.91. The predicted molar refractivity (Wildman–Crippen MR) is 78.2 cm³/mol. The van der Waals surface area contributed by atoms with Crippen molar-refractivity contribution >= 4 is 29.5 Å². The van der Waals surface area contributed by atoms with Gasteiger partial charge in [-0.3, -0.25) is 0 Å². The molecule has 0 fully saturated rings. The van der Waals surface area contributed by atoms with E-state index in [4.69, 9.17) is 5.73 Å². The maximum atomic E-state index is 5.82. The molecule has 0 spiro atoms. The second-order valence-electron chi connectivity index (χ2n) is 3.96. The Morgan fingerprint density at radius 3 is 2.17 bits per heavy atom. The van der Waals surface area contributed by atoms with E-state index in [-0.39, 0.29) is 12.4 Å². The van der Waals surface area contributed by atoms with Crippen LogP contribution in [0.25, 0.3) is 0 Å². The maximum absolute atomic E-state index is 5.82. The van der Waals surface area contributed by atoms with Gasteiger partial charge in [-0.1, -0.05) is 18.2 Å². The number of nitrogens with zero attached hydrogens (tertiary/aromatic N) is 2. The highest BCUT2D eigenvalue weighted by Crippen LogP contribution is 2.27. The van der Waals surface area contributed by atoms with Crippen molar-refractivity contribution < 1.29 is 0 Å². The molecular formula is C14H16ClN3. The number of hydrogen-bond acceptors (Lipinski definition) is 3. The largest absolute Gasteiger partial charge is 0.399 e. The lowest BCUT2D eigenvalue weighted by atomic mass is 10.1. The molecule has 0 heterocycles. The van der Waals surface area contributed by atoms with Crippen LogP contribution in [-0.2, 0) is 0 Å². The van der Waals surface area contributed by atoms with Gasteiger partial charge >= 0.3 is 0 Å². The monoisotopic (exact) mass is 261 g/mol. The van der Waals surface area contributed by atoms with Gasteiger partial charge in [0.05, 0.1) is 11.4 Å². The molecule has 0 aliphatic rings. The average Bonchev–Trinajstić information content (AvgIpc) is 2.36. The second kappa shape index (κ2) is 6.17. The van der Waals surface area contributed by atoms with Crippen molar-refractivity contribution in [3.63, 3.8) is 0 Å². The number of rotatable bonds is 2. The summed E-state index contributed by atoms with van der Waals surface area (Å²) in [6.07, 6.45) is 0. The van der Waals surface area contributed by atoms with E-state index in [0.717, 1.165) is 28.2 Å². The quantitative estimate of drug-likeness (QED) is 0.617. The minimum absolute atomic E-state index is 0. The van der Waals surface area contributed by atoms with Crippen LogP contribution >= 0.6 is 12.4 Å². The summed E-state index contributed by atoms with van der Waals surface area (Å²) >= 11 is 0. The molecule has 2 N–H and O–H groups in total. The molecule has 0 atom stereocenters. The van der Waals surface area contributed by atoms with E-state index in [1.807, 2.05) is 56.3 Å². The second-order valence-corrected chi connectivity index (χ2v) is 3.96. The van der Waals surface area contributed by atoms with E-state index in [2.05, 4.69) is 10.2 Å². The predicted octanol–water partition coefficient (Wildman–Crippen LogP) is 4.72. The van der Waals surface area contributed by atoms with Crippen LogP contribution in [0.2, 0.25) is 0 Å². The van der Waals surface area contributed by atoms with E-state index in [0.29, 0.717) is 0 Å². The molecule has 0 saturated heterocycles. The number of nitrogen functional groups attached to an aromatic ring is 1. The van der Waals surface area contributed by atoms with Gasteiger partial charge in [-0.05, 0) is 49.2 Å². The van der Waals surface area contributed by atoms with E-state index in [9.17, 15) is 0 Å². The molecule has 0 unspecified atom stereocenters. The summed E-state index contributed by atoms with van der Waals surface area (Å²) in [6, 6.07) is 13.4. The van der Waals surface area contributed by atoms with Crippen LogP contribution in [0, 0.1) is 13.8 Å². The van der Waals surface area contributed by atoms with Gasteiger partial charge in [-0.2, -0.15) is 10.2 Å². The van der Waals surface area contributed by atoms with Gasteiger partial charge in [0.2, 0.25) is 0 Å². The molecule has 0 saturated carbocycles. The summed E-state index contributed by atoms with van der Waals surface area (Å²) in [5.41, 5.74) is 10.5. The van der Waals surface area contributed by atoms with E-state index in [1.54, 1.807) is 0 Å². The molecule has 0 aliphatic heterocycles. The Balaban J connectivity index is 0.00000162. The third kappa shape index (κ3) is 3.08. The molecule has 0 amide bonds. The van der Waals surface area contributed by atoms with Crippen molar-refractivity contribution in [2.45, 2.75) is 13.8 Å². The minimum atomic E-state index is 0. The van der Waals surface area contributed by atoms with Gasteiger partial charge < -0.3 is 5.73 Å². The van der Waals surface area contributed by atoms with Gasteiger partial charge in [0.1, 0.15) is 0 Å². The van der Waals surface area contributed by atoms with Gasteiger partial charge in [-0.25, -0.2) is 0 Å². The molecule has 0 bridgehead atoms. The van der Waals surface area contributed by atoms with E-state index < -0.39 is 0 Å². The fourth-order valence-corrected chi connectivity index (χ4v) is 1.54. The Kier molecular flexibility index (Phi) is 4.86. The molecule has 2 aromatic carbocycles. The number of azo groups is 1. The smallest absolute Gasteiger partial charge is 0.0890 e. The fraction of sp³-hybridized carbons (Fsp3) is 0.143. The van der Waals surface area contributed by atoms with Gasteiger partial charge in [0.25, 0.3) is 0 Å². The van der Waals surface area contributed by atoms with Gasteiger partial charge in [0, 0.05) is 5.69 Å². The first-order chi connectivity index (χ1) is 8.18. The topological polar surface area (TPSA) is 50.7 Å². The summed E-state index contributed by atoms with van der Waals surface area (Å²) in [7, 11) is 0. The Bertz CT molecular complexity index is 550. The van der Waals surface area contributed by atoms with Crippen LogP contribution in [0.15, 0.2) is 52.7 Å². The number of halogens is 1. The summed E-state index contributed by atoms with van der Waals surface area (Å²) in [5, 5.41) is 8.44. The first-order valence-electron chi connectivity index (χ1n) is 5.51. The highest BCUT2D eigenvalue weighted by Gasteiger charge is 2.02. The zero-order chi connectivity index (χ0) is 12.3. The van der Waals surface area contributed by atoms with Crippen molar-refractivity contribution in [3.05, 3.63) is 53.6 Å². The van der Waals surface area contributed by atoms with Crippen LogP contribution in [0.4, 0.5) is 17.1 Å². The summed E-state index contributed by atoms with van der Waals surface area (Å²) in [5.74, 6) is 0. The van der Waals surface area contributed by atoms with Gasteiger partial charge in [0.15, 0.2) is 0 Å². The Morgan fingerprint density at radius 1 is 0.833 bits per heavy atom. The molecule has 18 heavy (non-hydrogen) atoms. The average molecular weight is 262 g/mol. The molecule has 3 nitrogen and oxygen atoms in total. The lowest BCUT2D eigenvalue weighted by Gasteiger charge is -2.06. The fourth-order valence-electron chi connectivity index (χ4n) is 1.54. The standard InChI is InChI=1S/C14H15N3.ClH/c1-10-11(2)14(9-8-13(10)15)17-16-12-6-4-3-5-7-12;/h3-9H,15H2,1-2H3;1H. The third-order valence-electron chi connectivity index (χ3n) is 2.83. The normalized spacial score (nSPS) is 10.3. The van der Waals surface area contributed by atoms with Crippen molar-refractivity contribution in [1.29, 1.82) is 0 Å². The van der Waals surface area contributed by atoms with Crippen molar-refractivity contribution in [2.24, 2.45) is 10.2 Å². The Labute approximate surface area is 113 Å². The zero-order valence-electron chi connectivity index (χ0n) is 10.4. The van der Waals surface area contributed by atoms with E-state index in [1.165, 1.54) is 0 Å². The Morgan fingerprint density at radius 2 is 1.50 bits per heavy atom. The molecule has 94 valence electrons. The zero-order valence-corrected chi connectivity index (χ0v) is 11.2. The molecule has 0 aromatic heterocycles. The van der Waals surface area contributed by atoms with Crippen molar-refractivity contribution in [3.8, 4) is 0 Å². The van der Waals surface area contributed by atoms with Gasteiger partial charge in [-0.15, -0.1) is 12.4 Å². The molecule has 2 rings (SSSR count). The van der Waals surface area contributed by atoms with Crippen LogP contribution in [0.5, 0.6) is 0 Å². The van der Waals surface area contributed by atoms with Crippen LogP contribution in [0.3, 0.4) is 0 Å². The third-order valence-corrected chi connectivity index (χ3v) is 2.83. The first-order valence-corrected chi connectivity index (χ1v) is 5.51. The minimum Gasteiger partial charge on any atom is -0.399 e. The number of benzene rings is 2. The lowest BCUT2D eigenvalue weighted by molar-refractivity contribution is 1.19. The number of anilines is 1. The highest BCUT2D eigenvalue weighted by atomic mass is 35.5. The summed E-state index contributed by atoms with van der Waals surface area (Å²) in [4.78, 5) is 0. The highest BCUT2D eigenvalue weighted by molar-refractivity contribution is 5.85. The van der Waals surface area contributed by atoms with Crippen molar-refractivity contribution in [1.82, 2.24) is 0 Å². The SMILES string of the molecule is Cc1c(N)ccc(N=Nc2ccccc2)c1C.Cl. The van der Waals surface area contributed by atoms with Crippen LogP contribution < -0.4 is 5.73 Å². The van der Waals surface area contributed by atoms with E-state index >= 15 is 0 Å². The summed E-state index contributed by atoms with van der Waals surface area (Å²) < 4.78 is 0. The summed E-state index contributed by atoms with van der Waals surface area (Å²) in [6.45, 7) is 4.00. The first kappa shape index (κ1) is 14.2. The van der Waals surface area contributed by atoms with Crippen molar-refractivity contribution in [2.75, 3.05) is 5.73 Å². The number of nitrogens with two attached hydrogens (primary N) is 1. The van der Waals surface area contributed by atoms with Crippen LogP contribution in [0.1, 0.15) is 11.1 Å². The Hall–Kier alpha value is -1.87. The maximum Gasteiger partial charge on any atom is 0.0890 e. The molecule has 0 radical (unpaired) electrons. The molecular weight excluding hydrogens is 246 g/mol. The molecule has 0 aliphatic carbocycles. The molecule has 2 aromatic rings. The van der Waals surface area contributed by atoms with Crippen LogP contribution in [-0.4, -0.2) is 0 Å².